The van der Waals surface area contributed by atoms with Gasteiger partial charge in [-0.05, 0) is 29.7 Å². The molecule has 0 amide bonds. The Labute approximate surface area is 111 Å². The lowest BCUT2D eigenvalue weighted by atomic mass is 9.99. The largest absolute Gasteiger partial charge is 0.496 e. The monoisotopic (exact) mass is 263 g/mol. The first-order chi connectivity index (χ1) is 8.61. The Morgan fingerprint density at radius 1 is 1.28 bits per heavy atom. The van der Waals surface area contributed by atoms with E-state index < -0.39 is 0 Å². The van der Waals surface area contributed by atoms with E-state index in [1.165, 1.54) is 6.20 Å². The molecule has 0 aliphatic rings. The van der Waals surface area contributed by atoms with Crippen LogP contribution >= 0.6 is 11.6 Å². The van der Waals surface area contributed by atoms with E-state index in [2.05, 4.69) is 29.0 Å². The Morgan fingerprint density at radius 2 is 2.06 bits per heavy atom. The van der Waals surface area contributed by atoms with Crippen molar-refractivity contribution in [3.05, 3.63) is 35.1 Å². The van der Waals surface area contributed by atoms with Crippen LogP contribution in [0.4, 0.5) is 0 Å². The first-order valence-electron chi connectivity index (χ1n) is 5.65. The first kappa shape index (κ1) is 12.8. The van der Waals surface area contributed by atoms with Crippen LogP contribution < -0.4 is 4.74 Å². The second-order valence-corrected chi connectivity index (χ2v) is 4.60. The second kappa shape index (κ2) is 5.31. The second-order valence-electron chi connectivity index (χ2n) is 4.21. The highest BCUT2D eigenvalue weighted by Crippen LogP contribution is 2.30. The van der Waals surface area contributed by atoms with Crippen molar-refractivity contribution in [1.29, 1.82) is 0 Å². The molecule has 0 atom stereocenters. The molecule has 18 heavy (non-hydrogen) atoms. The van der Waals surface area contributed by atoms with E-state index >= 15 is 0 Å². The number of halogens is 1. The predicted octanol–water partition coefficient (Wildman–Crippen LogP) is 3.32. The molecule has 1 heterocycles. The van der Waals surface area contributed by atoms with Crippen molar-refractivity contribution in [2.24, 2.45) is 0 Å². The fourth-order valence-corrected chi connectivity index (χ4v) is 1.85. The average Bonchev–Trinajstić information content (AvgIpc) is 2.38. The van der Waals surface area contributed by atoms with Crippen LogP contribution in [0.3, 0.4) is 0 Å². The molecule has 2 rings (SSSR count). The minimum Gasteiger partial charge on any atom is -0.496 e. The molecular formula is C13H14ClN3O. The third-order valence-electron chi connectivity index (χ3n) is 2.64. The highest BCUT2D eigenvalue weighted by atomic mass is 35.5. The van der Waals surface area contributed by atoms with Crippen LogP contribution in [0, 0.1) is 0 Å². The fraction of sp³-hybridized carbons (Fsp3) is 0.308. The van der Waals surface area contributed by atoms with Crippen LogP contribution in [-0.4, -0.2) is 22.3 Å². The minimum absolute atomic E-state index is 0.335. The lowest BCUT2D eigenvalue weighted by Gasteiger charge is -2.12. The number of benzene rings is 1. The summed E-state index contributed by atoms with van der Waals surface area (Å²) in [6.45, 7) is 4.22. The lowest BCUT2D eigenvalue weighted by Crippen LogP contribution is -1.97. The van der Waals surface area contributed by atoms with Gasteiger partial charge in [-0.15, -0.1) is 5.10 Å². The highest BCUT2D eigenvalue weighted by Gasteiger charge is 2.11. The molecule has 0 fully saturated rings. The van der Waals surface area contributed by atoms with Gasteiger partial charge in [-0.3, -0.25) is 0 Å². The van der Waals surface area contributed by atoms with Crippen molar-refractivity contribution in [2.45, 2.75) is 19.8 Å². The number of rotatable bonds is 3. The summed E-state index contributed by atoms with van der Waals surface area (Å²) in [6, 6.07) is 5.82. The van der Waals surface area contributed by atoms with Crippen LogP contribution in [0.2, 0.25) is 5.15 Å². The number of methoxy groups -OCH3 is 1. The maximum Gasteiger partial charge on any atom is 0.183 e. The minimum atomic E-state index is 0.335. The lowest BCUT2D eigenvalue weighted by molar-refractivity contribution is 0.407. The van der Waals surface area contributed by atoms with Gasteiger partial charge in [0.2, 0.25) is 0 Å². The molecule has 0 radical (unpaired) electrons. The van der Waals surface area contributed by atoms with E-state index in [-0.39, 0.29) is 0 Å². The van der Waals surface area contributed by atoms with Crippen molar-refractivity contribution >= 4 is 11.6 Å². The smallest absolute Gasteiger partial charge is 0.183 e. The normalized spacial score (nSPS) is 10.7. The van der Waals surface area contributed by atoms with E-state index in [0.717, 1.165) is 16.9 Å². The topological polar surface area (TPSA) is 47.9 Å². The van der Waals surface area contributed by atoms with Crippen molar-refractivity contribution in [3.8, 4) is 17.1 Å². The third-order valence-corrected chi connectivity index (χ3v) is 2.82. The van der Waals surface area contributed by atoms with Crippen molar-refractivity contribution in [1.82, 2.24) is 15.2 Å². The van der Waals surface area contributed by atoms with Gasteiger partial charge in [0.1, 0.15) is 5.75 Å². The standard InChI is InChI=1S/C13H14ClN3O/c1-8(2)10-6-9(4-5-11(10)18-3)13-16-12(14)7-15-17-13/h4-8H,1-3H3. The molecule has 0 unspecified atom stereocenters. The molecule has 0 saturated carbocycles. The van der Waals surface area contributed by atoms with Gasteiger partial charge in [-0.1, -0.05) is 25.4 Å². The van der Waals surface area contributed by atoms with Crippen LogP contribution in [0.1, 0.15) is 25.3 Å². The van der Waals surface area contributed by atoms with Crippen molar-refractivity contribution in [2.75, 3.05) is 7.11 Å². The molecule has 0 spiro atoms. The van der Waals surface area contributed by atoms with Gasteiger partial charge >= 0.3 is 0 Å². The summed E-state index contributed by atoms with van der Waals surface area (Å²) in [5.41, 5.74) is 1.99. The molecule has 1 aromatic carbocycles. The molecular weight excluding hydrogens is 250 g/mol. The molecule has 0 N–H and O–H groups in total. The van der Waals surface area contributed by atoms with Gasteiger partial charge in [0, 0.05) is 5.56 Å². The van der Waals surface area contributed by atoms with Gasteiger partial charge in [0.25, 0.3) is 0 Å². The number of ether oxygens (including phenoxy) is 1. The first-order valence-corrected chi connectivity index (χ1v) is 6.03. The zero-order valence-corrected chi connectivity index (χ0v) is 11.3. The summed E-state index contributed by atoms with van der Waals surface area (Å²) in [7, 11) is 1.67. The maximum atomic E-state index is 5.82. The van der Waals surface area contributed by atoms with Gasteiger partial charge in [0.05, 0.1) is 13.3 Å². The summed E-state index contributed by atoms with van der Waals surface area (Å²) in [4.78, 5) is 4.15. The Kier molecular flexibility index (Phi) is 3.77. The summed E-state index contributed by atoms with van der Waals surface area (Å²) >= 11 is 5.82. The Balaban J connectivity index is 2.50. The summed E-state index contributed by atoms with van der Waals surface area (Å²) in [6.07, 6.45) is 1.41. The summed E-state index contributed by atoms with van der Waals surface area (Å²) in [5, 5.41) is 8.12. The molecule has 0 bridgehead atoms. The van der Waals surface area contributed by atoms with Gasteiger partial charge < -0.3 is 4.74 Å². The van der Waals surface area contributed by atoms with E-state index in [9.17, 15) is 0 Å². The average molecular weight is 264 g/mol. The van der Waals surface area contributed by atoms with Crippen LogP contribution in [0.15, 0.2) is 24.4 Å². The van der Waals surface area contributed by atoms with E-state index in [1.807, 2.05) is 18.2 Å². The van der Waals surface area contributed by atoms with Crippen molar-refractivity contribution < 1.29 is 4.74 Å². The third kappa shape index (κ3) is 2.59. The molecule has 1 aromatic heterocycles. The zero-order chi connectivity index (χ0) is 13.1. The predicted molar refractivity (Wildman–Crippen MR) is 70.9 cm³/mol. The fourth-order valence-electron chi connectivity index (χ4n) is 1.73. The molecule has 94 valence electrons. The quantitative estimate of drug-likeness (QED) is 0.852. The van der Waals surface area contributed by atoms with E-state index in [0.29, 0.717) is 16.9 Å². The molecule has 0 saturated heterocycles. The Hall–Kier alpha value is -1.68. The summed E-state index contributed by atoms with van der Waals surface area (Å²) < 4.78 is 5.34. The van der Waals surface area contributed by atoms with E-state index in [4.69, 9.17) is 16.3 Å². The Morgan fingerprint density at radius 3 is 2.67 bits per heavy atom. The number of nitrogens with zero attached hydrogens (tertiary/aromatic N) is 3. The van der Waals surface area contributed by atoms with E-state index in [1.54, 1.807) is 7.11 Å². The SMILES string of the molecule is COc1ccc(-c2nncc(Cl)n2)cc1C(C)C. The highest BCUT2D eigenvalue weighted by molar-refractivity contribution is 6.29. The molecule has 0 aliphatic carbocycles. The van der Waals surface area contributed by atoms with Gasteiger partial charge in [-0.2, -0.15) is 5.10 Å². The molecule has 5 heteroatoms. The maximum absolute atomic E-state index is 5.82. The molecule has 4 nitrogen and oxygen atoms in total. The molecule has 0 aliphatic heterocycles. The number of hydrogen-bond acceptors (Lipinski definition) is 4. The van der Waals surface area contributed by atoms with Gasteiger partial charge in [0.15, 0.2) is 11.0 Å². The van der Waals surface area contributed by atoms with Crippen LogP contribution in [0.25, 0.3) is 11.4 Å². The van der Waals surface area contributed by atoms with Crippen LogP contribution in [-0.2, 0) is 0 Å². The van der Waals surface area contributed by atoms with Crippen molar-refractivity contribution in [3.63, 3.8) is 0 Å². The van der Waals surface area contributed by atoms with Crippen LogP contribution in [0.5, 0.6) is 5.75 Å². The summed E-state index contributed by atoms with van der Waals surface area (Å²) in [5.74, 6) is 1.74. The zero-order valence-electron chi connectivity index (χ0n) is 10.5. The number of hydrogen-bond donors (Lipinski definition) is 0. The molecule has 2 aromatic rings. The number of aromatic nitrogens is 3. The Bertz CT molecular complexity index is 558. The van der Waals surface area contributed by atoms with Gasteiger partial charge in [-0.25, -0.2) is 4.98 Å².